The van der Waals surface area contributed by atoms with Gasteiger partial charge in [-0.15, -0.1) is 0 Å². The minimum atomic E-state index is 0.0373. The van der Waals surface area contributed by atoms with Gasteiger partial charge in [-0.3, -0.25) is 4.79 Å². The normalized spacial score (nSPS) is 20.2. The van der Waals surface area contributed by atoms with Crippen molar-refractivity contribution in [2.45, 2.75) is 52.2 Å². The molecule has 1 saturated carbocycles. The molecule has 0 N–H and O–H groups in total. The second-order valence-corrected chi connectivity index (χ2v) is 9.01. The van der Waals surface area contributed by atoms with Crippen molar-refractivity contribution in [2.75, 3.05) is 4.90 Å². The van der Waals surface area contributed by atoms with E-state index in [1.54, 1.807) is 6.07 Å². The molecule has 2 fully saturated rings. The number of hydrogen-bond donors (Lipinski definition) is 0. The molecule has 1 aromatic heterocycles. The molecule has 0 radical (unpaired) electrons. The largest absolute Gasteiger partial charge is 0.489 e. The van der Waals surface area contributed by atoms with E-state index in [-0.39, 0.29) is 17.9 Å². The zero-order valence-electron chi connectivity index (χ0n) is 17.8. The first-order chi connectivity index (χ1) is 14.9. The highest BCUT2D eigenvalue weighted by atomic mass is 35.5. The van der Waals surface area contributed by atoms with Gasteiger partial charge in [0, 0.05) is 28.8 Å². The van der Waals surface area contributed by atoms with Crippen LogP contribution in [0.15, 0.2) is 40.9 Å². The van der Waals surface area contributed by atoms with Crippen molar-refractivity contribution in [3.05, 3.63) is 47.0 Å². The number of aromatic nitrogens is 2. The van der Waals surface area contributed by atoms with E-state index >= 15 is 0 Å². The van der Waals surface area contributed by atoms with Gasteiger partial charge in [0.2, 0.25) is 11.7 Å². The second kappa shape index (κ2) is 7.68. The number of rotatable bonds is 5. The highest BCUT2D eigenvalue weighted by Gasteiger charge is 2.45. The minimum absolute atomic E-state index is 0.0373. The number of benzene rings is 2. The van der Waals surface area contributed by atoms with Gasteiger partial charge in [0.05, 0.1) is 11.1 Å². The van der Waals surface area contributed by atoms with Gasteiger partial charge >= 0.3 is 0 Å². The number of carbonyl (C=O) groups is 1. The van der Waals surface area contributed by atoms with Gasteiger partial charge in [-0.1, -0.05) is 16.8 Å². The van der Waals surface area contributed by atoms with Gasteiger partial charge < -0.3 is 14.2 Å². The Morgan fingerprint density at radius 3 is 2.71 bits per heavy atom. The van der Waals surface area contributed by atoms with Crippen LogP contribution in [0.2, 0.25) is 5.02 Å². The summed E-state index contributed by atoms with van der Waals surface area (Å²) in [6.07, 6.45) is 3.14. The summed E-state index contributed by atoms with van der Waals surface area (Å²) in [5.74, 6) is 1.98. The second-order valence-electron chi connectivity index (χ2n) is 8.61. The number of fused-ring (bicyclic) bond motifs is 2. The molecular weight excluding hydrogens is 414 g/mol. The molecule has 2 heterocycles. The molecule has 6 nitrogen and oxygen atoms in total. The number of amides is 1. The highest BCUT2D eigenvalue weighted by Crippen LogP contribution is 2.42. The number of carbonyl (C=O) groups excluding carboxylic acids is 1. The lowest BCUT2D eigenvalue weighted by atomic mass is 10.0. The number of aryl methyl sites for hydroxylation is 1. The average Bonchev–Trinajstić information content (AvgIpc) is 3.45. The minimum Gasteiger partial charge on any atom is -0.489 e. The Hall–Kier alpha value is -2.86. The topological polar surface area (TPSA) is 68.5 Å². The Balaban J connectivity index is 1.40. The van der Waals surface area contributed by atoms with Crippen molar-refractivity contribution in [3.63, 3.8) is 0 Å². The molecule has 1 aliphatic heterocycles. The third-order valence-corrected chi connectivity index (χ3v) is 6.35. The monoisotopic (exact) mass is 437 g/mol. The lowest BCUT2D eigenvalue weighted by molar-refractivity contribution is -0.121. The van der Waals surface area contributed by atoms with E-state index < -0.39 is 0 Å². The van der Waals surface area contributed by atoms with Crippen molar-refractivity contribution in [1.82, 2.24) is 10.1 Å². The predicted octanol–water partition coefficient (Wildman–Crippen LogP) is 5.67. The number of anilines is 1. The van der Waals surface area contributed by atoms with Crippen molar-refractivity contribution in [2.24, 2.45) is 5.92 Å². The quantitative estimate of drug-likeness (QED) is 0.514. The molecule has 31 heavy (non-hydrogen) atoms. The van der Waals surface area contributed by atoms with Crippen LogP contribution in [0.3, 0.4) is 0 Å². The zero-order chi connectivity index (χ0) is 21.7. The number of halogens is 1. The Kier molecular flexibility index (Phi) is 4.97. The van der Waals surface area contributed by atoms with Gasteiger partial charge in [-0.2, -0.15) is 4.98 Å². The van der Waals surface area contributed by atoms with E-state index in [1.807, 2.05) is 56.0 Å². The van der Waals surface area contributed by atoms with Crippen LogP contribution in [0.25, 0.3) is 22.8 Å². The van der Waals surface area contributed by atoms with Crippen LogP contribution in [-0.2, 0) is 4.79 Å². The van der Waals surface area contributed by atoms with Crippen molar-refractivity contribution in [1.29, 1.82) is 0 Å². The van der Waals surface area contributed by atoms with E-state index in [9.17, 15) is 4.79 Å². The summed E-state index contributed by atoms with van der Waals surface area (Å²) < 4.78 is 11.2. The maximum absolute atomic E-state index is 12.6. The standard InChI is InChI=1S/C24H24ClN3O3/c1-13(2)30-21-9-5-15(12-20(21)25)23-26-22(27-31-23)19-8-7-17(10-14(19)3)28-18-6-4-16(11-18)24(28)29/h5,7-10,12-13,16,18H,4,6,11H2,1-3H3. The van der Waals surface area contributed by atoms with Crippen molar-refractivity contribution in [3.8, 4) is 28.6 Å². The van der Waals surface area contributed by atoms with Crippen LogP contribution < -0.4 is 9.64 Å². The lowest BCUT2D eigenvalue weighted by Crippen LogP contribution is -2.36. The molecule has 1 saturated heterocycles. The Morgan fingerprint density at radius 1 is 1.19 bits per heavy atom. The summed E-state index contributed by atoms with van der Waals surface area (Å²) in [6.45, 7) is 5.90. The fraction of sp³-hybridized carbons (Fsp3) is 0.375. The molecule has 2 unspecified atom stereocenters. The van der Waals surface area contributed by atoms with Crippen LogP contribution in [0.5, 0.6) is 5.75 Å². The van der Waals surface area contributed by atoms with Crippen LogP contribution in [0.4, 0.5) is 5.69 Å². The third-order valence-electron chi connectivity index (χ3n) is 6.05. The van der Waals surface area contributed by atoms with E-state index in [4.69, 9.17) is 20.9 Å². The zero-order valence-corrected chi connectivity index (χ0v) is 18.5. The number of piperidine rings is 1. The molecule has 0 spiro atoms. The number of ether oxygens (including phenoxy) is 1. The van der Waals surface area contributed by atoms with Gasteiger partial charge in [-0.25, -0.2) is 0 Å². The van der Waals surface area contributed by atoms with E-state index in [1.165, 1.54) is 0 Å². The van der Waals surface area contributed by atoms with Crippen LogP contribution >= 0.6 is 11.6 Å². The molecule has 2 aliphatic rings. The Labute approximate surface area is 186 Å². The summed E-state index contributed by atoms with van der Waals surface area (Å²) in [5.41, 5.74) is 3.56. The maximum atomic E-state index is 12.6. The van der Waals surface area contributed by atoms with Crippen LogP contribution in [0, 0.1) is 12.8 Å². The summed E-state index contributed by atoms with van der Waals surface area (Å²) in [7, 11) is 0. The Bertz CT molecular complexity index is 1160. The summed E-state index contributed by atoms with van der Waals surface area (Å²) in [4.78, 5) is 19.1. The van der Waals surface area contributed by atoms with Crippen LogP contribution in [-0.4, -0.2) is 28.2 Å². The molecule has 2 aromatic carbocycles. The van der Waals surface area contributed by atoms with Gasteiger partial charge in [0.15, 0.2) is 0 Å². The molecule has 160 valence electrons. The fourth-order valence-electron chi connectivity index (χ4n) is 4.61. The molecule has 2 bridgehead atoms. The fourth-order valence-corrected chi connectivity index (χ4v) is 4.84. The molecular formula is C24H24ClN3O3. The summed E-state index contributed by atoms with van der Waals surface area (Å²) in [6, 6.07) is 11.7. The molecule has 2 atom stereocenters. The molecule has 1 amide bonds. The van der Waals surface area contributed by atoms with Gasteiger partial charge in [-0.05, 0) is 82.0 Å². The average molecular weight is 438 g/mol. The predicted molar refractivity (Wildman–Crippen MR) is 119 cm³/mol. The Morgan fingerprint density at radius 2 is 2.03 bits per heavy atom. The van der Waals surface area contributed by atoms with Gasteiger partial charge in [0.1, 0.15) is 5.75 Å². The molecule has 5 rings (SSSR count). The van der Waals surface area contributed by atoms with Crippen LogP contribution in [0.1, 0.15) is 38.7 Å². The molecule has 3 aromatic rings. The first-order valence-corrected chi connectivity index (χ1v) is 11.0. The molecule has 7 heteroatoms. The SMILES string of the molecule is Cc1cc(N2C(=O)C3CCC2C3)ccc1-c1noc(-c2ccc(OC(C)C)c(Cl)c2)n1. The summed E-state index contributed by atoms with van der Waals surface area (Å²) in [5, 5.41) is 4.66. The van der Waals surface area contributed by atoms with Gasteiger partial charge in [0.25, 0.3) is 5.89 Å². The van der Waals surface area contributed by atoms with E-state index in [0.717, 1.165) is 41.6 Å². The lowest BCUT2D eigenvalue weighted by Gasteiger charge is -2.27. The van der Waals surface area contributed by atoms with Crippen molar-refractivity contribution < 1.29 is 14.1 Å². The van der Waals surface area contributed by atoms with Crippen molar-refractivity contribution >= 4 is 23.2 Å². The number of nitrogens with zero attached hydrogens (tertiary/aromatic N) is 3. The third kappa shape index (κ3) is 3.59. The summed E-state index contributed by atoms with van der Waals surface area (Å²) >= 11 is 6.34. The smallest absolute Gasteiger partial charge is 0.258 e. The van der Waals surface area contributed by atoms with E-state index in [0.29, 0.717) is 28.5 Å². The first kappa shape index (κ1) is 20.1. The highest BCUT2D eigenvalue weighted by molar-refractivity contribution is 6.32. The number of hydrogen-bond acceptors (Lipinski definition) is 5. The first-order valence-electron chi connectivity index (χ1n) is 10.6. The van der Waals surface area contributed by atoms with E-state index in [2.05, 4.69) is 10.1 Å². The molecule has 1 aliphatic carbocycles. The maximum Gasteiger partial charge on any atom is 0.258 e.